The van der Waals surface area contributed by atoms with Crippen LogP contribution in [0.3, 0.4) is 0 Å². The Bertz CT molecular complexity index is 1300. The molecule has 7 nitrogen and oxygen atoms in total. The van der Waals surface area contributed by atoms with Crippen molar-refractivity contribution < 1.29 is 33.5 Å². The van der Waals surface area contributed by atoms with Crippen LogP contribution in [0, 0.1) is 5.82 Å². The van der Waals surface area contributed by atoms with Crippen molar-refractivity contribution in [3.63, 3.8) is 0 Å². The summed E-state index contributed by atoms with van der Waals surface area (Å²) in [6.07, 6.45) is 0.260. The monoisotopic (exact) mass is 497 g/mol. The Morgan fingerprint density at radius 1 is 1.11 bits per heavy atom. The Morgan fingerprint density at radius 2 is 1.77 bits per heavy atom. The SMILES string of the molecule is CC(C)c1nc(-c2ccccc2)cc(-c2ccc(F)cc2)c1C=CP(=O)(O)CC(=O)CC1(O)OO1. The molecule has 1 unspecified atom stereocenters. The van der Waals surface area contributed by atoms with Gasteiger partial charge >= 0.3 is 5.97 Å². The maximum absolute atomic E-state index is 13.6. The van der Waals surface area contributed by atoms with Crippen LogP contribution in [-0.4, -0.2) is 32.9 Å². The minimum absolute atomic E-state index is 0.0457. The van der Waals surface area contributed by atoms with Crippen molar-refractivity contribution in [2.45, 2.75) is 32.2 Å². The van der Waals surface area contributed by atoms with Crippen LogP contribution in [0.2, 0.25) is 0 Å². The van der Waals surface area contributed by atoms with Crippen LogP contribution in [0.5, 0.6) is 0 Å². The number of carbonyl (C=O) groups is 1. The van der Waals surface area contributed by atoms with Crippen LogP contribution in [0.15, 0.2) is 66.5 Å². The average Bonchev–Trinajstić information content (AvgIpc) is 3.53. The molecular formula is C26H25FNO6P. The van der Waals surface area contributed by atoms with E-state index in [1.165, 1.54) is 18.2 Å². The quantitative estimate of drug-likeness (QED) is 0.228. The summed E-state index contributed by atoms with van der Waals surface area (Å²) >= 11 is 0. The largest absolute Gasteiger partial charge is 0.344 e. The topological polar surface area (TPSA) is 113 Å². The molecule has 35 heavy (non-hydrogen) atoms. The highest BCUT2D eigenvalue weighted by atomic mass is 31.2. The van der Waals surface area contributed by atoms with E-state index in [0.29, 0.717) is 28.1 Å². The van der Waals surface area contributed by atoms with E-state index in [-0.39, 0.29) is 11.7 Å². The third-order valence-electron chi connectivity index (χ3n) is 5.43. The number of pyridine rings is 1. The highest BCUT2D eigenvalue weighted by molar-refractivity contribution is 7.62. The van der Waals surface area contributed by atoms with Gasteiger partial charge in [0.05, 0.1) is 24.0 Å². The summed E-state index contributed by atoms with van der Waals surface area (Å²) in [5.74, 6) is -2.01. The first-order valence-electron chi connectivity index (χ1n) is 11.0. The second kappa shape index (κ2) is 9.93. The van der Waals surface area contributed by atoms with Gasteiger partial charge in [0.1, 0.15) is 5.82 Å². The molecule has 1 aliphatic rings. The summed E-state index contributed by atoms with van der Waals surface area (Å²) in [5, 5.41) is 9.51. The molecule has 2 aromatic carbocycles. The first-order chi connectivity index (χ1) is 16.6. The van der Waals surface area contributed by atoms with Crippen LogP contribution in [-0.2, 0) is 19.1 Å². The van der Waals surface area contributed by atoms with Crippen molar-refractivity contribution in [1.29, 1.82) is 0 Å². The predicted octanol–water partition coefficient (Wildman–Crippen LogP) is 5.49. The van der Waals surface area contributed by atoms with Crippen LogP contribution < -0.4 is 0 Å². The lowest BCUT2D eigenvalue weighted by molar-refractivity contribution is -0.122. The summed E-state index contributed by atoms with van der Waals surface area (Å²) < 4.78 is 26.4. The van der Waals surface area contributed by atoms with Crippen molar-refractivity contribution in [1.82, 2.24) is 4.98 Å². The number of aliphatic hydroxyl groups is 1. The van der Waals surface area contributed by atoms with E-state index < -0.39 is 31.7 Å². The molecule has 1 fully saturated rings. The molecule has 3 aromatic rings. The first-order valence-corrected chi connectivity index (χ1v) is 12.9. The van der Waals surface area contributed by atoms with Gasteiger partial charge in [-0.25, -0.2) is 4.39 Å². The summed E-state index contributed by atoms with van der Waals surface area (Å²) in [7, 11) is -4.05. The number of carbonyl (C=O) groups excluding carboxylic acids is 1. The predicted molar refractivity (Wildman–Crippen MR) is 130 cm³/mol. The van der Waals surface area contributed by atoms with Crippen LogP contribution in [0.4, 0.5) is 4.39 Å². The molecule has 1 aliphatic heterocycles. The fourth-order valence-corrected chi connectivity index (χ4v) is 4.83. The van der Waals surface area contributed by atoms with E-state index in [9.17, 15) is 23.7 Å². The normalized spacial score (nSPS) is 16.4. The molecule has 0 aliphatic carbocycles. The van der Waals surface area contributed by atoms with Crippen LogP contribution in [0.25, 0.3) is 28.5 Å². The van der Waals surface area contributed by atoms with Gasteiger partial charge in [-0.05, 0) is 41.3 Å². The lowest BCUT2D eigenvalue weighted by atomic mass is 9.92. The van der Waals surface area contributed by atoms with Gasteiger partial charge in [0.2, 0.25) is 7.37 Å². The summed E-state index contributed by atoms with van der Waals surface area (Å²) in [4.78, 5) is 35.9. The zero-order valence-electron chi connectivity index (χ0n) is 19.2. The highest BCUT2D eigenvalue weighted by Crippen LogP contribution is 2.45. The van der Waals surface area contributed by atoms with Crippen molar-refractivity contribution in [3.05, 3.63) is 83.6 Å². The van der Waals surface area contributed by atoms with Gasteiger partial charge in [-0.2, -0.15) is 9.78 Å². The van der Waals surface area contributed by atoms with Gasteiger partial charge in [-0.3, -0.25) is 14.3 Å². The maximum atomic E-state index is 13.6. The van der Waals surface area contributed by atoms with Gasteiger partial charge in [-0.15, -0.1) is 0 Å². The number of ketones is 1. The first kappa shape index (κ1) is 25.1. The molecule has 0 amide bonds. The van der Waals surface area contributed by atoms with Crippen molar-refractivity contribution in [2.75, 3.05) is 6.16 Å². The second-order valence-electron chi connectivity index (χ2n) is 8.71. The fourth-order valence-electron chi connectivity index (χ4n) is 3.72. The zero-order chi connectivity index (χ0) is 25.2. The molecule has 1 atom stereocenters. The molecule has 0 saturated carbocycles. The maximum Gasteiger partial charge on any atom is 0.344 e. The standard InChI is InChI=1S/C26H25FNO6P/c1-17(2)25-22(12-13-35(31,32)16-21(29)15-26(30)33-34-26)23(18-8-10-20(27)11-9-18)14-24(28-25)19-6-4-3-5-7-19/h3-14,17,30H,15-16H2,1-2H3,(H,31,32). The second-order valence-corrected chi connectivity index (χ2v) is 10.8. The van der Waals surface area contributed by atoms with Crippen molar-refractivity contribution in [2.24, 2.45) is 0 Å². The number of benzene rings is 2. The number of rotatable bonds is 9. The van der Waals surface area contributed by atoms with Gasteiger partial charge < -0.3 is 10.00 Å². The molecule has 1 saturated heterocycles. The van der Waals surface area contributed by atoms with E-state index in [1.54, 1.807) is 12.1 Å². The zero-order valence-corrected chi connectivity index (χ0v) is 20.1. The lowest BCUT2D eigenvalue weighted by Gasteiger charge is -2.17. The molecule has 9 heteroatoms. The molecule has 0 spiro atoms. The molecule has 182 valence electrons. The molecule has 2 N–H and O–H groups in total. The number of hydrogen-bond acceptors (Lipinski definition) is 6. The van der Waals surface area contributed by atoms with E-state index in [0.717, 1.165) is 11.4 Å². The molecule has 1 aromatic heterocycles. The number of hydrogen-bond donors (Lipinski definition) is 2. The molecule has 0 bridgehead atoms. The minimum Gasteiger partial charge on any atom is -0.341 e. The Balaban J connectivity index is 1.77. The van der Waals surface area contributed by atoms with Crippen molar-refractivity contribution >= 4 is 19.2 Å². The van der Waals surface area contributed by atoms with Crippen molar-refractivity contribution in [3.8, 4) is 22.4 Å². The smallest absolute Gasteiger partial charge is 0.341 e. The van der Waals surface area contributed by atoms with Gasteiger partial charge in [-0.1, -0.05) is 56.3 Å². The van der Waals surface area contributed by atoms with Crippen LogP contribution in [0.1, 0.15) is 37.4 Å². The number of halogens is 1. The van der Waals surface area contributed by atoms with E-state index in [1.807, 2.05) is 50.2 Å². The van der Waals surface area contributed by atoms with E-state index >= 15 is 0 Å². The van der Waals surface area contributed by atoms with E-state index in [2.05, 4.69) is 9.78 Å². The van der Waals surface area contributed by atoms with Gasteiger partial charge in [0, 0.05) is 16.9 Å². The average molecular weight is 497 g/mol. The Hall–Kier alpha value is -3.00. The molecular weight excluding hydrogens is 472 g/mol. The summed E-state index contributed by atoms with van der Waals surface area (Å²) in [6.45, 7) is 3.92. The molecule has 0 radical (unpaired) electrons. The van der Waals surface area contributed by atoms with E-state index in [4.69, 9.17) is 4.98 Å². The molecule has 4 rings (SSSR count). The number of Topliss-reactive ketones (excluding diaryl/α,β-unsaturated/α-hetero) is 1. The van der Waals surface area contributed by atoms with Gasteiger partial charge in [0.15, 0.2) is 5.78 Å². The minimum atomic E-state index is -4.05. The summed E-state index contributed by atoms with van der Waals surface area (Å²) in [6, 6.07) is 17.4. The third kappa shape index (κ3) is 6.36. The van der Waals surface area contributed by atoms with Gasteiger partial charge in [0.25, 0.3) is 0 Å². The third-order valence-corrected chi connectivity index (χ3v) is 6.85. The van der Waals surface area contributed by atoms with Crippen LogP contribution >= 0.6 is 7.37 Å². The highest BCUT2D eigenvalue weighted by Gasteiger charge is 2.49. The Morgan fingerprint density at radius 3 is 2.37 bits per heavy atom. The molecule has 2 heterocycles. The number of aromatic nitrogens is 1. The Kier molecular flexibility index (Phi) is 7.12. The summed E-state index contributed by atoms with van der Waals surface area (Å²) in [5.41, 5.74) is 4.31. The fraction of sp³-hybridized carbons (Fsp3) is 0.231. The Labute approximate surface area is 202 Å². The number of nitrogens with zero attached hydrogens (tertiary/aromatic N) is 1. The lowest BCUT2D eigenvalue weighted by Crippen LogP contribution is -2.17.